The first-order chi connectivity index (χ1) is 8.83. The Hall–Kier alpha value is -0.840. The number of hydrogen-bond donors (Lipinski definition) is 1. The number of nitrogens with one attached hydrogen (secondary N) is 1. The van der Waals surface area contributed by atoms with Crippen molar-refractivity contribution in [3.8, 4) is 0 Å². The van der Waals surface area contributed by atoms with Gasteiger partial charge in [0.15, 0.2) is 0 Å². The third-order valence-electron chi connectivity index (χ3n) is 3.61. The molecular formula is C14H25N3O. The SMILES string of the molecule is CCN1CCOC(CNCc2cccn2CC)C1. The maximum Gasteiger partial charge on any atom is 0.0826 e. The van der Waals surface area contributed by atoms with E-state index in [1.165, 1.54) is 5.69 Å². The van der Waals surface area contributed by atoms with Crippen LogP contribution in [-0.4, -0.2) is 48.4 Å². The molecule has 18 heavy (non-hydrogen) atoms. The maximum absolute atomic E-state index is 5.78. The molecule has 1 unspecified atom stereocenters. The fraction of sp³-hybridized carbons (Fsp3) is 0.714. The monoisotopic (exact) mass is 251 g/mol. The largest absolute Gasteiger partial charge is 0.374 e. The zero-order chi connectivity index (χ0) is 12.8. The zero-order valence-electron chi connectivity index (χ0n) is 11.6. The van der Waals surface area contributed by atoms with Gasteiger partial charge in [-0.1, -0.05) is 6.92 Å². The van der Waals surface area contributed by atoms with Crippen LogP contribution in [0.5, 0.6) is 0 Å². The molecule has 1 fully saturated rings. The number of morpholine rings is 1. The van der Waals surface area contributed by atoms with Gasteiger partial charge in [0.1, 0.15) is 0 Å². The van der Waals surface area contributed by atoms with Gasteiger partial charge >= 0.3 is 0 Å². The highest BCUT2D eigenvalue weighted by Gasteiger charge is 2.18. The Kier molecular flexibility index (Phi) is 5.23. The van der Waals surface area contributed by atoms with Crippen molar-refractivity contribution in [1.29, 1.82) is 0 Å². The predicted octanol–water partition coefficient (Wildman–Crippen LogP) is 1.32. The third kappa shape index (κ3) is 3.57. The minimum atomic E-state index is 0.337. The van der Waals surface area contributed by atoms with Gasteiger partial charge in [0, 0.05) is 44.6 Å². The summed E-state index contributed by atoms with van der Waals surface area (Å²) in [5.41, 5.74) is 1.35. The van der Waals surface area contributed by atoms with Crippen LogP contribution in [0.4, 0.5) is 0 Å². The Morgan fingerprint density at radius 3 is 3.06 bits per heavy atom. The molecule has 0 amide bonds. The normalized spacial score (nSPS) is 21.3. The molecule has 0 bridgehead atoms. The minimum Gasteiger partial charge on any atom is -0.374 e. The topological polar surface area (TPSA) is 29.4 Å². The molecule has 1 aliphatic heterocycles. The second-order valence-electron chi connectivity index (χ2n) is 4.80. The summed E-state index contributed by atoms with van der Waals surface area (Å²) < 4.78 is 8.05. The van der Waals surface area contributed by atoms with Crippen LogP contribution in [0.3, 0.4) is 0 Å². The number of aromatic nitrogens is 1. The van der Waals surface area contributed by atoms with Crippen molar-refractivity contribution in [2.75, 3.05) is 32.8 Å². The van der Waals surface area contributed by atoms with E-state index < -0.39 is 0 Å². The number of aryl methyl sites for hydroxylation is 1. The molecule has 2 rings (SSSR count). The Morgan fingerprint density at radius 1 is 1.39 bits per heavy atom. The molecule has 0 radical (unpaired) electrons. The van der Waals surface area contributed by atoms with Crippen LogP contribution < -0.4 is 5.32 Å². The molecule has 1 atom stereocenters. The quantitative estimate of drug-likeness (QED) is 0.827. The first-order valence-corrected chi connectivity index (χ1v) is 7.02. The number of nitrogens with zero attached hydrogens (tertiary/aromatic N) is 2. The lowest BCUT2D eigenvalue weighted by molar-refractivity contribution is -0.0254. The summed E-state index contributed by atoms with van der Waals surface area (Å²) >= 11 is 0. The van der Waals surface area contributed by atoms with Crippen LogP contribution in [0.15, 0.2) is 18.3 Å². The van der Waals surface area contributed by atoms with Crippen LogP contribution in [-0.2, 0) is 17.8 Å². The van der Waals surface area contributed by atoms with Crippen molar-refractivity contribution in [1.82, 2.24) is 14.8 Å². The second kappa shape index (κ2) is 6.92. The molecule has 1 aromatic rings. The van der Waals surface area contributed by atoms with E-state index in [0.717, 1.165) is 45.9 Å². The van der Waals surface area contributed by atoms with Crippen molar-refractivity contribution in [3.63, 3.8) is 0 Å². The number of hydrogen-bond acceptors (Lipinski definition) is 3. The van der Waals surface area contributed by atoms with Crippen molar-refractivity contribution < 1.29 is 4.74 Å². The second-order valence-corrected chi connectivity index (χ2v) is 4.80. The summed E-state index contributed by atoms with van der Waals surface area (Å²) in [7, 11) is 0. The minimum absolute atomic E-state index is 0.337. The van der Waals surface area contributed by atoms with Crippen molar-refractivity contribution in [3.05, 3.63) is 24.0 Å². The van der Waals surface area contributed by atoms with Crippen LogP contribution >= 0.6 is 0 Å². The molecule has 1 N–H and O–H groups in total. The molecule has 1 aliphatic rings. The van der Waals surface area contributed by atoms with Gasteiger partial charge in [-0.05, 0) is 25.6 Å². The van der Waals surface area contributed by atoms with Crippen LogP contribution in [0.25, 0.3) is 0 Å². The van der Waals surface area contributed by atoms with Gasteiger partial charge in [0.2, 0.25) is 0 Å². The Bertz CT molecular complexity index is 351. The lowest BCUT2D eigenvalue weighted by atomic mass is 10.2. The summed E-state index contributed by atoms with van der Waals surface area (Å²) in [6.45, 7) is 11.4. The highest BCUT2D eigenvalue weighted by molar-refractivity contribution is 5.06. The molecule has 4 nitrogen and oxygen atoms in total. The van der Waals surface area contributed by atoms with Gasteiger partial charge < -0.3 is 14.6 Å². The van der Waals surface area contributed by atoms with E-state index in [1.807, 2.05) is 0 Å². The Balaban J connectivity index is 1.72. The van der Waals surface area contributed by atoms with Gasteiger partial charge in [0.25, 0.3) is 0 Å². The highest BCUT2D eigenvalue weighted by atomic mass is 16.5. The standard InChI is InChI=1S/C14H25N3O/c1-3-16-8-9-18-14(12-16)11-15-10-13-6-5-7-17(13)4-2/h5-7,14-15H,3-4,8-12H2,1-2H3. The lowest BCUT2D eigenvalue weighted by Crippen LogP contribution is -2.46. The van der Waals surface area contributed by atoms with E-state index in [4.69, 9.17) is 4.74 Å². The molecular weight excluding hydrogens is 226 g/mol. The zero-order valence-corrected chi connectivity index (χ0v) is 11.6. The van der Waals surface area contributed by atoms with Crippen LogP contribution in [0.1, 0.15) is 19.5 Å². The smallest absolute Gasteiger partial charge is 0.0826 e. The van der Waals surface area contributed by atoms with Crippen LogP contribution in [0, 0.1) is 0 Å². The molecule has 1 aromatic heterocycles. The van der Waals surface area contributed by atoms with E-state index in [0.29, 0.717) is 6.10 Å². The number of rotatable bonds is 6. The number of ether oxygens (including phenoxy) is 1. The van der Waals surface area contributed by atoms with E-state index >= 15 is 0 Å². The fourth-order valence-electron chi connectivity index (χ4n) is 2.47. The first-order valence-electron chi connectivity index (χ1n) is 7.02. The van der Waals surface area contributed by atoms with Gasteiger partial charge in [-0.25, -0.2) is 0 Å². The van der Waals surface area contributed by atoms with Crippen molar-refractivity contribution >= 4 is 0 Å². The molecule has 0 aromatic carbocycles. The molecule has 4 heteroatoms. The van der Waals surface area contributed by atoms with E-state index in [1.54, 1.807) is 0 Å². The molecule has 2 heterocycles. The third-order valence-corrected chi connectivity index (χ3v) is 3.61. The van der Waals surface area contributed by atoms with Gasteiger partial charge in [0.05, 0.1) is 12.7 Å². The lowest BCUT2D eigenvalue weighted by Gasteiger charge is -2.32. The summed E-state index contributed by atoms with van der Waals surface area (Å²) in [4.78, 5) is 2.45. The van der Waals surface area contributed by atoms with Gasteiger partial charge in [-0.15, -0.1) is 0 Å². The Morgan fingerprint density at radius 2 is 2.28 bits per heavy atom. The van der Waals surface area contributed by atoms with E-state index in [9.17, 15) is 0 Å². The molecule has 102 valence electrons. The average Bonchev–Trinajstić information content (AvgIpc) is 2.86. The highest BCUT2D eigenvalue weighted by Crippen LogP contribution is 2.05. The number of likely N-dealkylation sites (N-methyl/N-ethyl adjacent to an activating group) is 1. The van der Waals surface area contributed by atoms with E-state index in [2.05, 4.69) is 47.0 Å². The van der Waals surface area contributed by atoms with Crippen molar-refractivity contribution in [2.45, 2.75) is 33.0 Å². The summed E-state index contributed by atoms with van der Waals surface area (Å²) in [5, 5.41) is 3.50. The van der Waals surface area contributed by atoms with Gasteiger partial charge in [-0.2, -0.15) is 0 Å². The summed E-state index contributed by atoms with van der Waals surface area (Å²) in [6.07, 6.45) is 2.47. The van der Waals surface area contributed by atoms with Crippen molar-refractivity contribution in [2.24, 2.45) is 0 Å². The average molecular weight is 251 g/mol. The Labute approximate surface area is 110 Å². The molecule has 0 spiro atoms. The van der Waals surface area contributed by atoms with E-state index in [-0.39, 0.29) is 0 Å². The molecule has 1 saturated heterocycles. The molecule has 0 aliphatic carbocycles. The summed E-state index contributed by atoms with van der Waals surface area (Å²) in [5.74, 6) is 0. The molecule has 0 saturated carbocycles. The summed E-state index contributed by atoms with van der Waals surface area (Å²) in [6, 6.07) is 4.28. The first kappa shape index (κ1) is 13.6. The van der Waals surface area contributed by atoms with Gasteiger partial charge in [-0.3, -0.25) is 4.90 Å². The fourth-order valence-corrected chi connectivity index (χ4v) is 2.47. The predicted molar refractivity (Wildman–Crippen MR) is 73.7 cm³/mol. The maximum atomic E-state index is 5.78. The van der Waals surface area contributed by atoms with Crippen LogP contribution in [0.2, 0.25) is 0 Å².